The van der Waals surface area contributed by atoms with E-state index in [1.807, 2.05) is 49.4 Å². The summed E-state index contributed by atoms with van der Waals surface area (Å²) in [6.07, 6.45) is 3.32. The van der Waals surface area contributed by atoms with Crippen molar-refractivity contribution in [3.8, 4) is 0 Å². The van der Waals surface area contributed by atoms with Crippen LogP contribution >= 0.6 is 23.1 Å². The predicted molar refractivity (Wildman–Crippen MR) is 118 cm³/mol. The summed E-state index contributed by atoms with van der Waals surface area (Å²) in [5.41, 5.74) is 2.64. The van der Waals surface area contributed by atoms with Gasteiger partial charge in [0.1, 0.15) is 16.2 Å². The first-order valence-corrected chi connectivity index (χ1v) is 10.9. The monoisotopic (exact) mass is 420 g/mol. The van der Waals surface area contributed by atoms with Gasteiger partial charge in [0.25, 0.3) is 5.91 Å². The van der Waals surface area contributed by atoms with E-state index in [0.717, 1.165) is 25.8 Å². The van der Waals surface area contributed by atoms with Crippen molar-refractivity contribution in [3.63, 3.8) is 0 Å². The maximum Gasteiger partial charge on any atom is 0.252 e. The minimum absolute atomic E-state index is 0.130. The Morgan fingerprint density at radius 3 is 2.66 bits per heavy atom. The molecule has 3 aromatic heterocycles. The molecule has 0 saturated carbocycles. The van der Waals surface area contributed by atoms with Crippen molar-refractivity contribution in [1.82, 2.24) is 20.3 Å². The molecule has 1 atom stereocenters. The standard InChI is InChI=1S/C22H20N4OS2/c1-13-15(3)28-21-19(13)22(25-12-24-21)29-18-10-5-4-8-16(18)20(27)26-14(2)17-9-6-7-11-23-17/h4-12,14H,1-3H3,(H,26,27)/t14-/m0/s1. The molecule has 4 aromatic rings. The molecule has 0 aliphatic carbocycles. The number of benzene rings is 1. The van der Waals surface area contributed by atoms with Crippen LogP contribution < -0.4 is 5.32 Å². The van der Waals surface area contributed by atoms with Gasteiger partial charge in [0, 0.05) is 21.4 Å². The van der Waals surface area contributed by atoms with Gasteiger partial charge in [0.05, 0.1) is 17.3 Å². The third-order valence-corrected chi connectivity index (χ3v) is 6.94. The Hall–Kier alpha value is -2.77. The van der Waals surface area contributed by atoms with Gasteiger partial charge in [0.2, 0.25) is 0 Å². The smallest absolute Gasteiger partial charge is 0.252 e. The predicted octanol–water partition coefficient (Wildman–Crippen LogP) is 5.35. The maximum atomic E-state index is 13.0. The summed E-state index contributed by atoms with van der Waals surface area (Å²) in [5.74, 6) is -0.130. The number of carbonyl (C=O) groups is 1. The van der Waals surface area contributed by atoms with Gasteiger partial charge in [-0.05, 0) is 50.6 Å². The molecule has 1 aromatic carbocycles. The van der Waals surface area contributed by atoms with Crippen LogP contribution in [-0.4, -0.2) is 20.9 Å². The molecule has 4 rings (SSSR count). The molecule has 0 spiro atoms. The van der Waals surface area contributed by atoms with Gasteiger partial charge in [-0.1, -0.05) is 30.0 Å². The minimum Gasteiger partial charge on any atom is -0.344 e. The zero-order valence-corrected chi connectivity index (χ0v) is 18.0. The number of hydrogen-bond acceptors (Lipinski definition) is 6. The van der Waals surface area contributed by atoms with Gasteiger partial charge < -0.3 is 5.32 Å². The number of thiophene rings is 1. The van der Waals surface area contributed by atoms with Crippen molar-refractivity contribution in [2.24, 2.45) is 0 Å². The fourth-order valence-electron chi connectivity index (χ4n) is 3.06. The van der Waals surface area contributed by atoms with Crippen molar-refractivity contribution < 1.29 is 4.79 Å². The van der Waals surface area contributed by atoms with Crippen LogP contribution in [0.15, 0.2) is 64.9 Å². The number of nitrogens with one attached hydrogen (secondary N) is 1. The zero-order valence-electron chi connectivity index (χ0n) is 16.3. The van der Waals surface area contributed by atoms with Crippen LogP contribution in [0.5, 0.6) is 0 Å². The molecular weight excluding hydrogens is 400 g/mol. The molecule has 1 amide bonds. The highest BCUT2D eigenvalue weighted by molar-refractivity contribution is 7.99. The van der Waals surface area contributed by atoms with E-state index in [4.69, 9.17) is 0 Å². The molecule has 0 aliphatic heterocycles. The highest BCUT2D eigenvalue weighted by atomic mass is 32.2. The van der Waals surface area contributed by atoms with E-state index in [1.165, 1.54) is 22.2 Å². The summed E-state index contributed by atoms with van der Waals surface area (Å²) in [7, 11) is 0. The van der Waals surface area contributed by atoms with E-state index in [-0.39, 0.29) is 11.9 Å². The lowest BCUT2D eigenvalue weighted by atomic mass is 10.1. The number of carbonyl (C=O) groups excluding carboxylic acids is 1. The number of hydrogen-bond donors (Lipinski definition) is 1. The highest BCUT2D eigenvalue weighted by Crippen LogP contribution is 2.38. The Labute approximate surface area is 177 Å². The van der Waals surface area contributed by atoms with Crippen LogP contribution in [-0.2, 0) is 0 Å². The first-order chi connectivity index (χ1) is 14.0. The zero-order chi connectivity index (χ0) is 20.4. The first kappa shape index (κ1) is 19.5. The van der Waals surface area contributed by atoms with Gasteiger partial charge in [-0.2, -0.15) is 0 Å². The summed E-state index contributed by atoms with van der Waals surface area (Å²) in [4.78, 5) is 29.3. The molecule has 5 nitrogen and oxygen atoms in total. The van der Waals surface area contributed by atoms with E-state index in [1.54, 1.807) is 23.9 Å². The maximum absolute atomic E-state index is 13.0. The topological polar surface area (TPSA) is 67.8 Å². The van der Waals surface area contributed by atoms with Crippen molar-refractivity contribution in [1.29, 1.82) is 0 Å². The summed E-state index contributed by atoms with van der Waals surface area (Å²) in [5, 5.41) is 4.98. The van der Waals surface area contributed by atoms with Crippen LogP contribution in [0.3, 0.4) is 0 Å². The Morgan fingerprint density at radius 2 is 1.86 bits per heavy atom. The van der Waals surface area contributed by atoms with Crippen molar-refractivity contribution >= 4 is 39.2 Å². The lowest BCUT2D eigenvalue weighted by Crippen LogP contribution is -2.27. The molecular formula is C22H20N4OS2. The Bertz CT molecular complexity index is 1170. The molecule has 3 heterocycles. The van der Waals surface area contributed by atoms with E-state index in [9.17, 15) is 4.79 Å². The first-order valence-electron chi connectivity index (χ1n) is 9.24. The van der Waals surface area contributed by atoms with Crippen LogP contribution in [0.25, 0.3) is 10.2 Å². The van der Waals surface area contributed by atoms with Crippen molar-refractivity contribution in [3.05, 3.63) is 76.7 Å². The molecule has 0 bridgehead atoms. The number of rotatable bonds is 5. The summed E-state index contributed by atoms with van der Waals surface area (Å²) >= 11 is 3.17. The summed E-state index contributed by atoms with van der Waals surface area (Å²) in [6.45, 7) is 6.12. The van der Waals surface area contributed by atoms with Gasteiger partial charge >= 0.3 is 0 Å². The molecule has 146 valence electrons. The lowest BCUT2D eigenvalue weighted by molar-refractivity contribution is 0.0936. The molecule has 0 radical (unpaired) electrons. The van der Waals surface area contributed by atoms with Crippen LogP contribution in [0.1, 0.15) is 39.5 Å². The lowest BCUT2D eigenvalue weighted by Gasteiger charge is -2.15. The number of aryl methyl sites for hydroxylation is 2. The second kappa shape index (κ2) is 8.31. The average molecular weight is 421 g/mol. The Morgan fingerprint density at radius 1 is 1.07 bits per heavy atom. The van der Waals surface area contributed by atoms with Crippen molar-refractivity contribution in [2.45, 2.75) is 36.7 Å². The number of pyridine rings is 1. The van der Waals surface area contributed by atoms with Gasteiger partial charge in [-0.3, -0.25) is 9.78 Å². The SMILES string of the molecule is Cc1sc2ncnc(Sc3ccccc3C(=O)N[C@@H](C)c3ccccn3)c2c1C. The Kier molecular flexibility index (Phi) is 5.60. The van der Waals surface area contributed by atoms with E-state index in [2.05, 4.69) is 34.1 Å². The van der Waals surface area contributed by atoms with E-state index < -0.39 is 0 Å². The molecule has 0 unspecified atom stereocenters. The molecule has 1 N–H and O–H groups in total. The number of nitrogens with zero attached hydrogens (tertiary/aromatic N) is 3. The largest absolute Gasteiger partial charge is 0.344 e. The molecule has 0 saturated heterocycles. The molecule has 7 heteroatoms. The molecule has 0 aliphatic rings. The normalized spacial score (nSPS) is 12.1. The van der Waals surface area contributed by atoms with Crippen LogP contribution in [0, 0.1) is 13.8 Å². The quantitative estimate of drug-likeness (QED) is 0.441. The van der Waals surface area contributed by atoms with Gasteiger partial charge in [-0.25, -0.2) is 9.97 Å². The second-order valence-corrected chi connectivity index (χ2v) is 8.92. The second-order valence-electron chi connectivity index (χ2n) is 6.69. The van der Waals surface area contributed by atoms with E-state index in [0.29, 0.717) is 5.56 Å². The van der Waals surface area contributed by atoms with Gasteiger partial charge in [-0.15, -0.1) is 11.3 Å². The fraction of sp³-hybridized carbons (Fsp3) is 0.182. The number of amides is 1. The third-order valence-electron chi connectivity index (χ3n) is 4.75. The van der Waals surface area contributed by atoms with Crippen LogP contribution in [0.2, 0.25) is 0 Å². The Balaban J connectivity index is 1.63. The molecule has 29 heavy (non-hydrogen) atoms. The minimum atomic E-state index is -0.186. The third kappa shape index (κ3) is 4.02. The average Bonchev–Trinajstić information content (AvgIpc) is 3.03. The number of fused-ring (bicyclic) bond motifs is 1. The van der Waals surface area contributed by atoms with Gasteiger partial charge in [0.15, 0.2) is 0 Å². The molecule has 0 fully saturated rings. The summed E-state index contributed by atoms with van der Waals surface area (Å²) in [6, 6.07) is 13.1. The highest BCUT2D eigenvalue weighted by Gasteiger charge is 2.18. The number of aromatic nitrogens is 3. The fourth-order valence-corrected chi connectivity index (χ4v) is 5.19. The van der Waals surface area contributed by atoms with Crippen LogP contribution in [0.4, 0.5) is 0 Å². The van der Waals surface area contributed by atoms with Crippen molar-refractivity contribution in [2.75, 3.05) is 0 Å². The van der Waals surface area contributed by atoms with E-state index >= 15 is 0 Å². The summed E-state index contributed by atoms with van der Waals surface area (Å²) < 4.78 is 0.